The normalized spacial score (nSPS) is 10.5. The third kappa shape index (κ3) is 3.92. The van der Waals surface area contributed by atoms with Gasteiger partial charge in [0.15, 0.2) is 11.6 Å². The summed E-state index contributed by atoms with van der Waals surface area (Å²) in [7, 11) is 1.89. The van der Waals surface area contributed by atoms with Crippen molar-refractivity contribution in [2.45, 2.75) is 6.54 Å². The molecule has 0 fully saturated rings. The van der Waals surface area contributed by atoms with Crippen molar-refractivity contribution < 1.29 is 13.9 Å². The summed E-state index contributed by atoms with van der Waals surface area (Å²) < 4.78 is 26.6. The predicted octanol–water partition coefficient (Wildman–Crippen LogP) is 3.01. The van der Waals surface area contributed by atoms with Crippen molar-refractivity contribution in [3.8, 4) is 0 Å². The Kier molecular flexibility index (Phi) is 5.11. The Hall–Kier alpha value is -2.14. The number of rotatable bonds is 6. The molecule has 0 radical (unpaired) electrons. The first-order valence-electron chi connectivity index (χ1n) is 6.70. The summed E-state index contributed by atoms with van der Waals surface area (Å²) in [4.78, 5) is 1.93. The highest BCUT2D eigenvalue weighted by molar-refractivity contribution is 5.54. The van der Waals surface area contributed by atoms with Gasteiger partial charge in [-0.25, -0.2) is 8.78 Å². The summed E-state index contributed by atoms with van der Waals surface area (Å²) in [5.74, 6) is -1.65. The Morgan fingerprint density at radius 2 is 1.81 bits per heavy atom. The first-order valence-corrected chi connectivity index (χ1v) is 6.70. The molecule has 5 heteroatoms. The zero-order valence-electron chi connectivity index (χ0n) is 11.8. The molecule has 21 heavy (non-hydrogen) atoms. The van der Waals surface area contributed by atoms with Gasteiger partial charge in [0.25, 0.3) is 0 Å². The molecule has 2 aromatic rings. The predicted molar refractivity (Wildman–Crippen MR) is 80.5 cm³/mol. The molecule has 0 saturated carbocycles. The molecule has 112 valence electrons. The molecule has 0 bridgehead atoms. The fourth-order valence-corrected chi connectivity index (χ4v) is 2.00. The van der Waals surface area contributed by atoms with Crippen LogP contribution >= 0.6 is 0 Å². The van der Waals surface area contributed by atoms with Crippen molar-refractivity contribution in [3.63, 3.8) is 0 Å². The summed E-state index contributed by atoms with van der Waals surface area (Å²) in [6.45, 7) is 0.867. The van der Waals surface area contributed by atoms with E-state index in [0.29, 0.717) is 6.54 Å². The minimum atomic E-state index is -0.838. The molecule has 2 aromatic carbocycles. The smallest absolute Gasteiger partial charge is 0.163 e. The van der Waals surface area contributed by atoms with Crippen molar-refractivity contribution in [2.24, 2.45) is 0 Å². The fraction of sp³-hybridized carbons (Fsp3) is 0.250. The maximum atomic E-state index is 13.5. The quantitative estimate of drug-likeness (QED) is 0.859. The van der Waals surface area contributed by atoms with Crippen LogP contribution in [0.15, 0.2) is 42.5 Å². The molecule has 0 aliphatic heterocycles. The van der Waals surface area contributed by atoms with Gasteiger partial charge in [-0.2, -0.15) is 0 Å². The van der Waals surface area contributed by atoms with E-state index in [4.69, 9.17) is 5.11 Å². The van der Waals surface area contributed by atoms with Crippen molar-refractivity contribution in [2.75, 3.05) is 30.4 Å². The Morgan fingerprint density at radius 3 is 2.48 bits per heavy atom. The largest absolute Gasteiger partial charge is 0.395 e. The van der Waals surface area contributed by atoms with Crippen LogP contribution in [0, 0.1) is 11.6 Å². The van der Waals surface area contributed by atoms with Gasteiger partial charge in [0, 0.05) is 37.1 Å². The highest BCUT2D eigenvalue weighted by Gasteiger charge is 2.07. The molecule has 3 nitrogen and oxygen atoms in total. The second kappa shape index (κ2) is 7.04. The van der Waals surface area contributed by atoms with Crippen LogP contribution in [-0.4, -0.2) is 25.3 Å². The van der Waals surface area contributed by atoms with E-state index in [1.165, 1.54) is 6.07 Å². The molecule has 0 unspecified atom stereocenters. The van der Waals surface area contributed by atoms with Crippen LogP contribution in [-0.2, 0) is 6.54 Å². The van der Waals surface area contributed by atoms with E-state index in [-0.39, 0.29) is 18.7 Å². The molecule has 0 heterocycles. The van der Waals surface area contributed by atoms with Gasteiger partial charge < -0.3 is 15.3 Å². The number of aliphatic hydroxyl groups is 1. The number of hydrogen-bond acceptors (Lipinski definition) is 3. The summed E-state index contributed by atoms with van der Waals surface area (Å²) in [6, 6.07) is 11.7. The van der Waals surface area contributed by atoms with Crippen LogP contribution in [0.2, 0.25) is 0 Å². The van der Waals surface area contributed by atoms with Crippen LogP contribution in [0.25, 0.3) is 0 Å². The van der Waals surface area contributed by atoms with Gasteiger partial charge in [0.2, 0.25) is 0 Å². The number of aliphatic hydroxyl groups excluding tert-OH is 1. The van der Waals surface area contributed by atoms with Gasteiger partial charge in [-0.05, 0) is 30.3 Å². The molecule has 0 aliphatic rings. The SMILES string of the molecule is CN(CCO)c1ccc(NCc2cccc(F)c2F)cc1. The molecule has 0 aliphatic carbocycles. The monoisotopic (exact) mass is 292 g/mol. The number of anilines is 2. The van der Waals surface area contributed by atoms with Crippen molar-refractivity contribution >= 4 is 11.4 Å². The number of nitrogens with one attached hydrogen (secondary N) is 1. The van der Waals surface area contributed by atoms with Crippen LogP contribution in [0.1, 0.15) is 5.56 Å². The molecule has 0 spiro atoms. The van der Waals surface area contributed by atoms with E-state index in [2.05, 4.69) is 5.32 Å². The molecular weight excluding hydrogens is 274 g/mol. The number of hydrogen-bond donors (Lipinski definition) is 2. The van der Waals surface area contributed by atoms with E-state index < -0.39 is 11.6 Å². The lowest BCUT2D eigenvalue weighted by atomic mass is 10.2. The first kappa shape index (κ1) is 15.3. The lowest BCUT2D eigenvalue weighted by Crippen LogP contribution is -2.20. The fourth-order valence-electron chi connectivity index (χ4n) is 2.00. The highest BCUT2D eigenvalue weighted by atomic mass is 19.2. The Balaban J connectivity index is 1.99. The van der Waals surface area contributed by atoms with Gasteiger partial charge in [0.1, 0.15) is 0 Å². The Bertz CT molecular complexity index is 587. The minimum absolute atomic E-state index is 0.0926. The average Bonchev–Trinajstić information content (AvgIpc) is 2.49. The summed E-state index contributed by atoms with van der Waals surface area (Å²) in [5.41, 5.74) is 2.09. The minimum Gasteiger partial charge on any atom is -0.395 e. The third-order valence-corrected chi connectivity index (χ3v) is 3.26. The molecule has 0 amide bonds. The van der Waals surface area contributed by atoms with E-state index in [0.717, 1.165) is 17.4 Å². The molecule has 2 rings (SSSR count). The molecule has 0 aromatic heterocycles. The van der Waals surface area contributed by atoms with E-state index in [1.54, 1.807) is 6.07 Å². The third-order valence-electron chi connectivity index (χ3n) is 3.26. The van der Waals surface area contributed by atoms with Crippen LogP contribution in [0.5, 0.6) is 0 Å². The Labute approximate surface area is 122 Å². The highest BCUT2D eigenvalue weighted by Crippen LogP contribution is 2.18. The van der Waals surface area contributed by atoms with Gasteiger partial charge in [0.05, 0.1) is 6.61 Å². The topological polar surface area (TPSA) is 35.5 Å². The first-order chi connectivity index (χ1) is 10.1. The second-order valence-electron chi connectivity index (χ2n) is 4.76. The van der Waals surface area contributed by atoms with Crippen molar-refractivity contribution in [3.05, 3.63) is 59.7 Å². The molecule has 0 atom stereocenters. The summed E-state index contributed by atoms with van der Waals surface area (Å²) >= 11 is 0. The van der Waals surface area contributed by atoms with Gasteiger partial charge in [-0.15, -0.1) is 0 Å². The van der Waals surface area contributed by atoms with Crippen molar-refractivity contribution in [1.82, 2.24) is 0 Å². The summed E-state index contributed by atoms with van der Waals surface area (Å²) in [5, 5.41) is 11.9. The average molecular weight is 292 g/mol. The number of halogens is 2. The van der Waals surface area contributed by atoms with Crippen LogP contribution < -0.4 is 10.2 Å². The zero-order valence-corrected chi connectivity index (χ0v) is 11.8. The van der Waals surface area contributed by atoms with Crippen LogP contribution in [0.3, 0.4) is 0 Å². The maximum absolute atomic E-state index is 13.5. The van der Waals surface area contributed by atoms with Gasteiger partial charge in [-0.1, -0.05) is 12.1 Å². The zero-order chi connectivity index (χ0) is 15.2. The number of nitrogens with zero attached hydrogens (tertiary/aromatic N) is 1. The molecule has 0 saturated heterocycles. The van der Waals surface area contributed by atoms with Gasteiger partial charge in [-0.3, -0.25) is 0 Å². The van der Waals surface area contributed by atoms with Gasteiger partial charge >= 0.3 is 0 Å². The van der Waals surface area contributed by atoms with Crippen LogP contribution in [0.4, 0.5) is 20.2 Å². The number of likely N-dealkylation sites (N-methyl/N-ethyl adjacent to an activating group) is 1. The van der Waals surface area contributed by atoms with E-state index in [1.807, 2.05) is 36.2 Å². The lowest BCUT2D eigenvalue weighted by molar-refractivity contribution is 0.304. The Morgan fingerprint density at radius 1 is 1.10 bits per heavy atom. The standard InChI is InChI=1S/C16H18F2N2O/c1-20(9-10-21)14-7-5-13(6-8-14)19-11-12-3-2-4-15(17)16(12)18/h2-8,19,21H,9-11H2,1H3. The van der Waals surface area contributed by atoms with E-state index >= 15 is 0 Å². The lowest BCUT2D eigenvalue weighted by Gasteiger charge is -2.18. The number of benzene rings is 2. The second-order valence-corrected chi connectivity index (χ2v) is 4.76. The summed E-state index contributed by atoms with van der Waals surface area (Å²) in [6.07, 6.45) is 0. The van der Waals surface area contributed by atoms with Crippen molar-refractivity contribution in [1.29, 1.82) is 0 Å². The molecule has 2 N–H and O–H groups in total. The van der Waals surface area contributed by atoms with E-state index in [9.17, 15) is 8.78 Å². The molecular formula is C16H18F2N2O. The maximum Gasteiger partial charge on any atom is 0.163 e.